The molecule has 0 fully saturated rings. The van der Waals surface area contributed by atoms with E-state index in [4.69, 9.17) is 0 Å². The maximum Gasteiger partial charge on any atom is 0.261 e. The minimum absolute atomic E-state index is 0.0802. The Balaban J connectivity index is 1.85. The van der Waals surface area contributed by atoms with Crippen LogP contribution in [0.4, 0.5) is 5.69 Å². The second-order valence-corrected chi connectivity index (χ2v) is 4.71. The third kappa shape index (κ3) is 2.69. The van der Waals surface area contributed by atoms with E-state index in [1.165, 1.54) is 0 Å². The zero-order chi connectivity index (χ0) is 14.7. The van der Waals surface area contributed by atoms with Gasteiger partial charge in [0.05, 0.1) is 17.4 Å². The van der Waals surface area contributed by atoms with Crippen molar-refractivity contribution >= 4 is 11.6 Å². The van der Waals surface area contributed by atoms with Crippen LogP contribution in [0.15, 0.2) is 73.1 Å². The Morgan fingerprint density at radius 2 is 1.62 bits per heavy atom. The van der Waals surface area contributed by atoms with E-state index < -0.39 is 0 Å². The van der Waals surface area contributed by atoms with Crippen molar-refractivity contribution in [3.05, 3.63) is 78.6 Å². The molecule has 0 radical (unpaired) electrons. The van der Waals surface area contributed by atoms with E-state index in [1.54, 1.807) is 29.0 Å². The number of benzene rings is 2. The van der Waals surface area contributed by atoms with Crippen molar-refractivity contribution in [2.24, 2.45) is 0 Å². The largest absolute Gasteiger partial charge is 0.311 e. The number of carbonyl (C=O) groups is 1. The molecular formula is C17H15N3O. The van der Waals surface area contributed by atoms with Gasteiger partial charge < -0.3 is 4.90 Å². The van der Waals surface area contributed by atoms with Gasteiger partial charge in [-0.1, -0.05) is 36.4 Å². The van der Waals surface area contributed by atoms with Gasteiger partial charge in [0.1, 0.15) is 0 Å². The standard InChI is InChI=1S/C17H15N3O/c1-19(15-8-4-2-5-9-15)17(21)14-12-18-20(13-14)16-10-6-3-7-11-16/h2-13H,1H3. The van der Waals surface area contributed by atoms with Crippen LogP contribution in [0, 0.1) is 0 Å². The molecule has 0 saturated carbocycles. The summed E-state index contributed by atoms with van der Waals surface area (Å²) in [6, 6.07) is 19.3. The maximum absolute atomic E-state index is 12.5. The molecule has 4 nitrogen and oxygen atoms in total. The first-order chi connectivity index (χ1) is 10.3. The normalized spacial score (nSPS) is 10.3. The minimum Gasteiger partial charge on any atom is -0.311 e. The highest BCUT2D eigenvalue weighted by molar-refractivity contribution is 6.05. The third-order valence-electron chi connectivity index (χ3n) is 3.30. The Bertz CT molecular complexity index is 735. The molecule has 2 aromatic carbocycles. The molecule has 21 heavy (non-hydrogen) atoms. The van der Waals surface area contributed by atoms with Crippen LogP contribution in [-0.2, 0) is 0 Å². The van der Waals surface area contributed by atoms with E-state index in [0.29, 0.717) is 5.56 Å². The van der Waals surface area contributed by atoms with Gasteiger partial charge in [0.25, 0.3) is 5.91 Å². The van der Waals surface area contributed by atoms with E-state index in [2.05, 4.69) is 5.10 Å². The van der Waals surface area contributed by atoms with E-state index in [0.717, 1.165) is 11.4 Å². The first kappa shape index (κ1) is 13.1. The number of amides is 1. The zero-order valence-electron chi connectivity index (χ0n) is 11.7. The van der Waals surface area contributed by atoms with Gasteiger partial charge in [-0.05, 0) is 24.3 Å². The van der Waals surface area contributed by atoms with Crippen LogP contribution in [0.5, 0.6) is 0 Å². The Morgan fingerprint density at radius 1 is 1.00 bits per heavy atom. The molecule has 1 amide bonds. The fourth-order valence-electron chi connectivity index (χ4n) is 2.12. The molecule has 1 aromatic heterocycles. The zero-order valence-corrected chi connectivity index (χ0v) is 11.7. The summed E-state index contributed by atoms with van der Waals surface area (Å²) in [4.78, 5) is 14.1. The Morgan fingerprint density at radius 3 is 2.29 bits per heavy atom. The number of nitrogens with zero attached hydrogens (tertiary/aromatic N) is 3. The molecule has 0 spiro atoms. The van der Waals surface area contributed by atoms with Crippen molar-refractivity contribution in [3.8, 4) is 5.69 Å². The molecule has 0 atom stereocenters. The number of hydrogen-bond donors (Lipinski definition) is 0. The molecule has 0 aliphatic carbocycles. The van der Waals surface area contributed by atoms with Gasteiger partial charge in [-0.2, -0.15) is 5.10 Å². The molecule has 104 valence electrons. The van der Waals surface area contributed by atoms with Crippen LogP contribution >= 0.6 is 0 Å². The summed E-state index contributed by atoms with van der Waals surface area (Å²) in [7, 11) is 1.76. The molecule has 0 aliphatic rings. The van der Waals surface area contributed by atoms with Crippen molar-refractivity contribution in [1.29, 1.82) is 0 Å². The quantitative estimate of drug-likeness (QED) is 0.737. The molecule has 1 heterocycles. The van der Waals surface area contributed by atoms with Crippen LogP contribution in [0.3, 0.4) is 0 Å². The molecule has 0 saturated heterocycles. The molecule has 0 bridgehead atoms. The molecular weight excluding hydrogens is 262 g/mol. The number of anilines is 1. The summed E-state index contributed by atoms with van der Waals surface area (Å²) >= 11 is 0. The van der Waals surface area contributed by atoms with Crippen molar-refractivity contribution < 1.29 is 4.79 Å². The summed E-state index contributed by atoms with van der Waals surface area (Å²) in [6.45, 7) is 0. The predicted molar refractivity (Wildman–Crippen MR) is 82.7 cm³/mol. The number of hydrogen-bond acceptors (Lipinski definition) is 2. The van der Waals surface area contributed by atoms with Crippen molar-refractivity contribution in [3.63, 3.8) is 0 Å². The third-order valence-corrected chi connectivity index (χ3v) is 3.30. The Hall–Kier alpha value is -2.88. The smallest absolute Gasteiger partial charge is 0.261 e. The number of carbonyl (C=O) groups excluding carboxylic acids is 1. The summed E-state index contributed by atoms with van der Waals surface area (Å²) in [5.41, 5.74) is 2.35. The van der Waals surface area contributed by atoms with Crippen LogP contribution in [0.25, 0.3) is 5.69 Å². The van der Waals surface area contributed by atoms with Crippen molar-refractivity contribution in [1.82, 2.24) is 9.78 Å². The molecule has 3 rings (SSSR count). The summed E-state index contributed by atoms with van der Waals surface area (Å²) in [5.74, 6) is -0.0802. The monoisotopic (exact) mass is 277 g/mol. The van der Waals surface area contributed by atoms with E-state index in [9.17, 15) is 4.79 Å². The highest BCUT2D eigenvalue weighted by Gasteiger charge is 2.15. The SMILES string of the molecule is CN(C(=O)c1cnn(-c2ccccc2)c1)c1ccccc1. The topological polar surface area (TPSA) is 38.1 Å². The van der Waals surface area contributed by atoms with E-state index in [1.807, 2.05) is 60.7 Å². The van der Waals surface area contributed by atoms with Crippen molar-refractivity contribution in [2.75, 3.05) is 11.9 Å². The Kier molecular flexibility index (Phi) is 3.51. The van der Waals surface area contributed by atoms with Gasteiger partial charge in [0.2, 0.25) is 0 Å². The fourth-order valence-corrected chi connectivity index (χ4v) is 2.12. The summed E-state index contributed by atoms with van der Waals surface area (Å²) in [6.07, 6.45) is 3.34. The van der Waals surface area contributed by atoms with Gasteiger partial charge >= 0.3 is 0 Å². The number of rotatable bonds is 3. The van der Waals surface area contributed by atoms with Gasteiger partial charge in [-0.3, -0.25) is 4.79 Å². The molecule has 0 aliphatic heterocycles. The highest BCUT2D eigenvalue weighted by atomic mass is 16.2. The molecule has 0 N–H and O–H groups in total. The summed E-state index contributed by atoms with van der Waals surface area (Å²) in [5, 5.41) is 4.25. The summed E-state index contributed by atoms with van der Waals surface area (Å²) < 4.78 is 1.70. The van der Waals surface area contributed by atoms with Gasteiger partial charge in [-0.15, -0.1) is 0 Å². The van der Waals surface area contributed by atoms with Gasteiger partial charge in [-0.25, -0.2) is 4.68 Å². The van der Waals surface area contributed by atoms with Crippen LogP contribution in [0.1, 0.15) is 10.4 Å². The average molecular weight is 277 g/mol. The lowest BCUT2D eigenvalue weighted by Crippen LogP contribution is -2.25. The second kappa shape index (κ2) is 5.63. The van der Waals surface area contributed by atoms with Crippen LogP contribution < -0.4 is 4.90 Å². The van der Waals surface area contributed by atoms with E-state index in [-0.39, 0.29) is 5.91 Å². The van der Waals surface area contributed by atoms with Gasteiger partial charge in [0.15, 0.2) is 0 Å². The average Bonchev–Trinajstić information content (AvgIpc) is 3.05. The maximum atomic E-state index is 12.5. The van der Waals surface area contributed by atoms with Crippen LogP contribution in [-0.4, -0.2) is 22.7 Å². The first-order valence-electron chi connectivity index (χ1n) is 6.69. The van der Waals surface area contributed by atoms with E-state index >= 15 is 0 Å². The molecule has 3 aromatic rings. The van der Waals surface area contributed by atoms with Gasteiger partial charge in [0, 0.05) is 18.9 Å². The van der Waals surface area contributed by atoms with Crippen molar-refractivity contribution in [2.45, 2.75) is 0 Å². The lowest BCUT2D eigenvalue weighted by atomic mass is 10.2. The lowest BCUT2D eigenvalue weighted by molar-refractivity contribution is 0.0993. The van der Waals surface area contributed by atoms with Crippen LogP contribution in [0.2, 0.25) is 0 Å². The number of para-hydroxylation sites is 2. The second-order valence-electron chi connectivity index (χ2n) is 4.71. The Labute approximate surface area is 123 Å². The lowest BCUT2D eigenvalue weighted by Gasteiger charge is -2.15. The predicted octanol–water partition coefficient (Wildman–Crippen LogP) is 3.15. The molecule has 0 unspecified atom stereocenters. The first-order valence-corrected chi connectivity index (χ1v) is 6.69. The minimum atomic E-state index is -0.0802. The highest BCUT2D eigenvalue weighted by Crippen LogP contribution is 2.15. The molecule has 4 heteroatoms. The number of aromatic nitrogens is 2. The fraction of sp³-hybridized carbons (Fsp3) is 0.0588.